The number of H-pyrrole nitrogens is 1. The van der Waals surface area contributed by atoms with Crippen LogP contribution in [0.15, 0.2) is 24.4 Å². The minimum atomic E-state index is -3.37. The quantitative estimate of drug-likeness (QED) is 0.873. The summed E-state index contributed by atoms with van der Waals surface area (Å²) in [6.45, 7) is 1.16. The first-order chi connectivity index (χ1) is 10.9. The second-order valence-electron chi connectivity index (χ2n) is 6.99. The molecule has 1 N–H and O–H groups in total. The fourth-order valence-electron chi connectivity index (χ4n) is 4.39. The maximum absolute atomic E-state index is 11.3. The Bertz CT molecular complexity index is 843. The lowest BCUT2D eigenvalue weighted by atomic mass is 9.72. The summed E-state index contributed by atoms with van der Waals surface area (Å²) in [4.78, 5) is 5.75. The van der Waals surface area contributed by atoms with Crippen LogP contribution in [0.3, 0.4) is 0 Å². The molecule has 1 aliphatic carbocycles. The van der Waals surface area contributed by atoms with Crippen LogP contribution in [0.25, 0.3) is 10.9 Å². The number of aromatic amines is 1. The molecule has 1 fully saturated rings. The summed E-state index contributed by atoms with van der Waals surface area (Å²) in [6, 6.07) is 6.94. The summed E-state index contributed by atoms with van der Waals surface area (Å²) in [5, 5.41) is 1.37. The van der Waals surface area contributed by atoms with Crippen molar-refractivity contribution in [1.82, 2.24) is 9.88 Å². The van der Waals surface area contributed by atoms with Gasteiger partial charge in [-0.25, -0.2) is 0 Å². The van der Waals surface area contributed by atoms with Crippen LogP contribution in [0, 0.1) is 5.92 Å². The highest BCUT2D eigenvalue weighted by atomic mass is 32.2. The number of hydrogen-bond acceptors (Lipinski definition) is 4. The number of benzene rings is 1. The third-order valence-corrected chi connectivity index (χ3v) is 5.89. The van der Waals surface area contributed by atoms with Gasteiger partial charge in [-0.1, -0.05) is 12.1 Å². The van der Waals surface area contributed by atoms with Crippen LogP contribution >= 0.6 is 0 Å². The molecule has 2 aromatic rings. The predicted octanol–water partition coefficient (Wildman–Crippen LogP) is 2.10. The van der Waals surface area contributed by atoms with Crippen LogP contribution in [0.1, 0.15) is 23.5 Å². The average molecular weight is 334 g/mol. The normalized spacial score (nSPS) is 28.0. The van der Waals surface area contributed by atoms with Crippen molar-refractivity contribution in [1.29, 1.82) is 0 Å². The number of likely N-dealkylation sites (tertiary alicyclic amines) is 1. The van der Waals surface area contributed by atoms with Crippen molar-refractivity contribution in [3.8, 4) is 0 Å². The van der Waals surface area contributed by atoms with E-state index in [1.54, 1.807) is 0 Å². The summed E-state index contributed by atoms with van der Waals surface area (Å²) in [5.41, 5.74) is 3.99. The number of nitrogens with zero attached hydrogens (tertiary/aromatic N) is 1. The molecule has 1 aromatic heterocycles. The Morgan fingerprint density at radius 2 is 2.22 bits per heavy atom. The lowest BCUT2D eigenvalue weighted by Crippen LogP contribution is -2.48. The van der Waals surface area contributed by atoms with E-state index < -0.39 is 10.1 Å². The molecule has 23 heavy (non-hydrogen) atoms. The number of fused-ring (bicyclic) bond motifs is 2. The van der Waals surface area contributed by atoms with Gasteiger partial charge >= 0.3 is 0 Å². The minimum absolute atomic E-state index is 0.242. The van der Waals surface area contributed by atoms with Crippen LogP contribution in [-0.2, 0) is 20.7 Å². The van der Waals surface area contributed by atoms with Gasteiger partial charge in [0.2, 0.25) is 0 Å². The third-order valence-electron chi connectivity index (χ3n) is 5.33. The van der Waals surface area contributed by atoms with E-state index in [0.29, 0.717) is 12.0 Å². The van der Waals surface area contributed by atoms with Crippen LogP contribution in [-0.4, -0.2) is 50.8 Å². The van der Waals surface area contributed by atoms with Gasteiger partial charge in [0.1, 0.15) is 0 Å². The molecule has 0 bridgehead atoms. The Balaban J connectivity index is 1.65. The second kappa shape index (κ2) is 5.33. The van der Waals surface area contributed by atoms with Crippen molar-refractivity contribution in [2.75, 3.05) is 26.5 Å². The minimum Gasteiger partial charge on any atom is -0.361 e. The van der Waals surface area contributed by atoms with E-state index in [9.17, 15) is 8.42 Å². The molecule has 124 valence electrons. The fourth-order valence-corrected chi connectivity index (χ4v) is 4.83. The molecule has 1 unspecified atom stereocenters. The number of hydrogen-bond donors (Lipinski definition) is 1. The molecule has 0 saturated carbocycles. The Morgan fingerprint density at radius 3 is 3.00 bits per heavy atom. The first kappa shape index (κ1) is 15.2. The average Bonchev–Trinajstić information content (AvgIpc) is 2.90. The van der Waals surface area contributed by atoms with E-state index in [-0.39, 0.29) is 12.5 Å². The monoisotopic (exact) mass is 334 g/mol. The SMILES string of the molecule is CN1C[C@@H](COS(C)(=O)=O)CC2c3cccc4[nH]cc(c34)C[C@H]21. The molecule has 2 heterocycles. The van der Waals surface area contributed by atoms with Gasteiger partial charge in [0, 0.05) is 35.6 Å². The number of piperidine rings is 1. The number of likely N-dealkylation sites (N-methyl/N-ethyl adjacent to an activating group) is 1. The van der Waals surface area contributed by atoms with E-state index >= 15 is 0 Å². The van der Waals surface area contributed by atoms with E-state index in [1.165, 1.54) is 22.0 Å². The molecule has 1 aromatic carbocycles. The molecule has 0 spiro atoms. The zero-order valence-electron chi connectivity index (χ0n) is 13.5. The fraction of sp³-hybridized carbons (Fsp3) is 0.529. The van der Waals surface area contributed by atoms with Gasteiger partial charge in [0.15, 0.2) is 0 Å². The lowest BCUT2D eigenvalue weighted by molar-refractivity contribution is 0.0856. The molecule has 2 aliphatic rings. The van der Waals surface area contributed by atoms with Gasteiger partial charge in [-0.15, -0.1) is 0 Å². The summed E-state index contributed by atoms with van der Waals surface area (Å²) in [6.07, 6.45) is 5.29. The number of aromatic nitrogens is 1. The van der Waals surface area contributed by atoms with Crippen LogP contribution in [0.4, 0.5) is 0 Å². The van der Waals surface area contributed by atoms with Crippen molar-refractivity contribution in [3.63, 3.8) is 0 Å². The Labute approximate surface area is 136 Å². The van der Waals surface area contributed by atoms with Gasteiger partial charge in [-0.3, -0.25) is 4.18 Å². The standard InChI is InChI=1S/C17H22N2O3S/c1-19-9-11(10-22-23(2,20)21)6-14-13-4-3-5-15-17(13)12(8-18-15)7-16(14)19/h3-5,8,11,14,16,18H,6-7,9-10H2,1-2H3/t11-,14?,16+/m0/s1. The first-order valence-corrected chi connectivity index (χ1v) is 9.87. The third kappa shape index (κ3) is 2.69. The molecule has 0 radical (unpaired) electrons. The Hall–Kier alpha value is -1.37. The zero-order chi connectivity index (χ0) is 16.2. The van der Waals surface area contributed by atoms with Crippen LogP contribution in [0.2, 0.25) is 0 Å². The largest absolute Gasteiger partial charge is 0.361 e. The molecular weight excluding hydrogens is 312 g/mol. The summed E-state index contributed by atoms with van der Waals surface area (Å²) in [5.74, 6) is 0.681. The van der Waals surface area contributed by atoms with Crippen molar-refractivity contribution >= 4 is 21.0 Å². The number of nitrogens with one attached hydrogen (secondary N) is 1. The lowest BCUT2D eigenvalue weighted by Gasteiger charge is -2.45. The van der Waals surface area contributed by atoms with Crippen LogP contribution in [0.5, 0.6) is 0 Å². The highest BCUT2D eigenvalue weighted by Gasteiger charge is 2.39. The number of rotatable bonds is 3. The molecule has 0 amide bonds. The van der Waals surface area contributed by atoms with Gasteiger partial charge < -0.3 is 9.88 Å². The van der Waals surface area contributed by atoms with Gasteiger partial charge in [-0.05, 0) is 43.0 Å². The van der Waals surface area contributed by atoms with E-state index in [1.807, 2.05) is 0 Å². The predicted molar refractivity (Wildman–Crippen MR) is 90.1 cm³/mol. The summed E-state index contributed by atoms with van der Waals surface area (Å²) in [7, 11) is -1.23. The molecular formula is C17H22N2O3S. The molecule has 6 heteroatoms. The van der Waals surface area contributed by atoms with Crippen molar-refractivity contribution in [2.45, 2.75) is 24.8 Å². The van der Waals surface area contributed by atoms with Gasteiger partial charge in [-0.2, -0.15) is 8.42 Å². The molecule has 3 atom stereocenters. The molecule has 1 saturated heterocycles. The Kier molecular flexibility index (Phi) is 3.51. The second-order valence-corrected chi connectivity index (χ2v) is 8.64. The van der Waals surface area contributed by atoms with Crippen LogP contribution < -0.4 is 0 Å². The maximum atomic E-state index is 11.3. The summed E-state index contributed by atoms with van der Waals surface area (Å²) < 4.78 is 27.6. The molecule has 4 rings (SSSR count). The van der Waals surface area contributed by atoms with E-state index in [2.05, 4.69) is 41.3 Å². The van der Waals surface area contributed by atoms with Crippen molar-refractivity contribution < 1.29 is 12.6 Å². The molecule has 5 nitrogen and oxygen atoms in total. The van der Waals surface area contributed by atoms with Gasteiger partial charge in [0.05, 0.1) is 12.9 Å². The highest BCUT2D eigenvalue weighted by molar-refractivity contribution is 7.85. The first-order valence-electron chi connectivity index (χ1n) is 8.06. The Morgan fingerprint density at radius 1 is 1.39 bits per heavy atom. The zero-order valence-corrected chi connectivity index (χ0v) is 14.3. The smallest absolute Gasteiger partial charge is 0.264 e. The van der Waals surface area contributed by atoms with Crippen molar-refractivity contribution in [2.24, 2.45) is 5.92 Å². The molecule has 1 aliphatic heterocycles. The highest BCUT2D eigenvalue weighted by Crippen LogP contribution is 2.44. The van der Waals surface area contributed by atoms with Crippen molar-refractivity contribution in [3.05, 3.63) is 35.5 Å². The van der Waals surface area contributed by atoms with E-state index in [4.69, 9.17) is 4.18 Å². The van der Waals surface area contributed by atoms with Gasteiger partial charge in [0.25, 0.3) is 10.1 Å². The van der Waals surface area contributed by atoms with E-state index in [0.717, 1.165) is 25.6 Å². The summed E-state index contributed by atoms with van der Waals surface area (Å²) >= 11 is 0. The topological polar surface area (TPSA) is 62.4 Å². The maximum Gasteiger partial charge on any atom is 0.264 e.